The van der Waals surface area contributed by atoms with Crippen LogP contribution in [0.5, 0.6) is 0 Å². The first kappa shape index (κ1) is 76.1. The van der Waals surface area contributed by atoms with Crippen LogP contribution in [0.3, 0.4) is 0 Å². The summed E-state index contributed by atoms with van der Waals surface area (Å²) in [6.07, 6.45) is 16.9. The third-order valence-corrected chi connectivity index (χ3v) is 31.3. The molecule has 2 aromatic rings. The number of nitrogens with two attached hydrogens (primary N) is 4. The highest BCUT2D eigenvalue weighted by atomic mass is 16.5. The van der Waals surface area contributed by atoms with Gasteiger partial charge in [-0.05, 0) is 199 Å². The van der Waals surface area contributed by atoms with Gasteiger partial charge in [0, 0.05) is 32.7 Å². The lowest BCUT2D eigenvalue weighted by molar-refractivity contribution is -0.253. The first-order valence-electron chi connectivity index (χ1n) is 36.9. The molecule has 544 valence electrons. The van der Waals surface area contributed by atoms with Crippen molar-refractivity contribution in [2.24, 2.45) is 143 Å². The molecule has 0 unspecified atom stereocenters. The van der Waals surface area contributed by atoms with Crippen LogP contribution in [0.25, 0.3) is 0 Å². The molecular formula is C76H132N12O8. The van der Waals surface area contributed by atoms with E-state index in [2.05, 4.69) is 194 Å². The van der Waals surface area contributed by atoms with Crippen molar-refractivity contribution < 1.29 is 38.7 Å². The Morgan fingerprint density at radius 2 is 1.05 bits per heavy atom. The molecule has 24 atom stereocenters. The van der Waals surface area contributed by atoms with Crippen LogP contribution in [-0.4, -0.2) is 126 Å². The zero-order valence-corrected chi connectivity index (χ0v) is 62.4. The molecule has 8 aliphatic carbocycles. The van der Waals surface area contributed by atoms with Gasteiger partial charge in [-0.25, -0.2) is 0 Å². The summed E-state index contributed by atoms with van der Waals surface area (Å²) in [4.78, 5) is 28.4. The molecule has 0 amide bonds. The van der Waals surface area contributed by atoms with Gasteiger partial charge in [0.25, 0.3) is 11.9 Å². The van der Waals surface area contributed by atoms with E-state index in [4.69, 9.17) is 41.9 Å². The Morgan fingerprint density at radius 3 is 1.42 bits per heavy atom. The molecule has 96 heavy (non-hydrogen) atoms. The minimum atomic E-state index is -0.633. The van der Waals surface area contributed by atoms with Crippen molar-refractivity contribution in [2.45, 2.75) is 259 Å². The largest absolute Gasteiger partial charge is 0.481 e. The number of ether oxygens (including phenoxy) is 4. The number of aromatic nitrogens is 8. The predicted molar refractivity (Wildman–Crippen MR) is 377 cm³/mol. The molecule has 20 nitrogen and oxygen atoms in total. The number of aromatic amines is 1. The third-order valence-electron chi connectivity index (χ3n) is 31.3. The molecule has 0 spiro atoms. The van der Waals surface area contributed by atoms with Gasteiger partial charge in [0.1, 0.15) is 6.04 Å². The minimum Gasteiger partial charge on any atom is -0.481 e. The van der Waals surface area contributed by atoms with Gasteiger partial charge >= 0.3 is 11.9 Å². The Kier molecular flexibility index (Phi) is 20.7. The number of H-pyrrole nitrogens is 1. The Morgan fingerprint density at radius 1 is 0.625 bits per heavy atom. The van der Waals surface area contributed by atoms with E-state index in [0.29, 0.717) is 79.7 Å². The molecule has 8 fully saturated rings. The van der Waals surface area contributed by atoms with Crippen molar-refractivity contribution in [1.29, 1.82) is 0 Å². The number of carboxylic acids is 2. The minimum absolute atomic E-state index is 0. The first-order valence-corrected chi connectivity index (χ1v) is 36.9. The molecule has 4 heterocycles. The molecule has 12 rings (SSSR count). The number of nitrogens with one attached hydrogen (secondary N) is 1. The smallest absolute Gasteiger partial charge is 0.307 e. The molecule has 10 aliphatic rings. The van der Waals surface area contributed by atoms with Crippen LogP contribution >= 0.6 is 0 Å². The highest BCUT2D eigenvalue weighted by Crippen LogP contribution is 2.78. The van der Waals surface area contributed by atoms with Crippen molar-refractivity contribution in [2.75, 3.05) is 51.1 Å². The van der Waals surface area contributed by atoms with E-state index in [9.17, 15) is 19.8 Å². The molecule has 4 bridgehead atoms. The van der Waals surface area contributed by atoms with E-state index >= 15 is 0 Å². The Hall–Kier alpha value is -4.08. The average Bonchev–Trinajstić information content (AvgIpc) is 0.753. The number of carbonyl (C=O) groups is 2. The summed E-state index contributed by atoms with van der Waals surface area (Å²) < 4.78 is 27.0. The highest BCUT2D eigenvalue weighted by molar-refractivity contribution is 5.74. The zero-order chi connectivity index (χ0) is 70.2. The SMILES string of the molecule is C.CC(C)[C@@H](C)[C@@]1(C)CC[C@]2(C)[C@H]3CC[C@@H]4[C@@]5(COC[C@@]4(C)[C@@H](OC[C@](C)(N)C(C)C)[C@H](C)C5)C3=CC[C@@]2(C)[C@@H]1C(=O)O.CC(C)[C@@H](C)[C@@]1(C)CC[C@]2(C)[C@H]3CC[C@@H]4[C@@]5(COC[C@@]4(C)[C@@H](OC[C@](C)(N)C(C)C)[C@H](n4nnc(N)n4)C5)C3=CC[C@@]2(C)[C@@H]1C(=O)O.Nc1nn[nH]n1. The molecule has 2 aromatic heterocycles. The molecule has 0 aromatic carbocycles. The van der Waals surface area contributed by atoms with Gasteiger partial charge in [0.15, 0.2) is 0 Å². The summed E-state index contributed by atoms with van der Waals surface area (Å²) in [6, 6.07) is -0.193. The van der Waals surface area contributed by atoms with Crippen molar-refractivity contribution in [3.63, 3.8) is 0 Å². The maximum Gasteiger partial charge on any atom is 0.307 e. The highest BCUT2D eigenvalue weighted by Gasteiger charge is 2.74. The second kappa shape index (κ2) is 26.1. The predicted octanol–water partition coefficient (Wildman–Crippen LogP) is 13.5. The van der Waals surface area contributed by atoms with Gasteiger partial charge in [-0.15, -0.1) is 10.2 Å². The topological polar surface area (TPSA) is 314 Å². The first-order chi connectivity index (χ1) is 44.0. The molecule has 11 N–H and O–H groups in total. The molecular weight excluding hydrogens is 1210 g/mol. The fourth-order valence-electron chi connectivity index (χ4n) is 23.9. The van der Waals surface area contributed by atoms with Crippen molar-refractivity contribution in [3.8, 4) is 0 Å². The van der Waals surface area contributed by atoms with Crippen LogP contribution < -0.4 is 22.9 Å². The number of aliphatic carboxylic acids is 2. The Labute approximate surface area is 577 Å². The van der Waals surface area contributed by atoms with Gasteiger partial charge in [-0.2, -0.15) is 10.0 Å². The summed E-state index contributed by atoms with van der Waals surface area (Å²) in [5, 5.41) is 47.1. The summed E-state index contributed by atoms with van der Waals surface area (Å²) in [5.74, 6) is 2.44. The van der Waals surface area contributed by atoms with Crippen LogP contribution in [0.15, 0.2) is 23.3 Å². The van der Waals surface area contributed by atoms with Crippen LogP contribution in [0.2, 0.25) is 0 Å². The average molecular weight is 1340 g/mol. The zero-order valence-electron chi connectivity index (χ0n) is 62.4. The van der Waals surface area contributed by atoms with Crippen LogP contribution in [0.4, 0.5) is 11.9 Å². The van der Waals surface area contributed by atoms with Crippen LogP contribution in [-0.2, 0) is 28.5 Å². The number of nitrogen functional groups attached to an aromatic ring is 2. The maximum atomic E-state index is 13.4. The number of fused-ring (bicyclic) bond motifs is 6. The normalized spacial score (nSPS) is 43.9. The van der Waals surface area contributed by atoms with Gasteiger partial charge in [0.05, 0.1) is 63.7 Å². The van der Waals surface area contributed by atoms with Crippen LogP contribution in [0, 0.1) is 131 Å². The molecule has 2 aliphatic heterocycles. The number of rotatable bonds is 15. The molecule has 20 heteroatoms. The third kappa shape index (κ3) is 11.6. The lowest BCUT2D eigenvalue weighted by Gasteiger charge is -2.71. The van der Waals surface area contributed by atoms with Gasteiger partial charge in [-0.3, -0.25) is 9.59 Å². The Balaban J connectivity index is 0.000000206. The summed E-state index contributed by atoms with van der Waals surface area (Å²) >= 11 is 0. The number of anilines is 2. The van der Waals surface area contributed by atoms with Gasteiger partial charge in [0.2, 0.25) is 0 Å². The van der Waals surface area contributed by atoms with Gasteiger partial charge < -0.3 is 52.1 Å². The lowest BCUT2D eigenvalue weighted by Crippen LogP contribution is -2.69. The molecule has 6 saturated carbocycles. The lowest BCUT2D eigenvalue weighted by atomic mass is 9.34. The number of hydrogen-bond acceptors (Lipinski definition) is 16. The van der Waals surface area contributed by atoms with E-state index in [1.165, 1.54) is 12.0 Å². The second-order valence-corrected chi connectivity index (χ2v) is 37.2. The number of tetrazole rings is 2. The van der Waals surface area contributed by atoms with Crippen LogP contribution in [0.1, 0.15) is 236 Å². The van der Waals surface area contributed by atoms with Crippen molar-refractivity contribution >= 4 is 23.8 Å². The summed E-state index contributed by atoms with van der Waals surface area (Å²) in [5.41, 5.74) is 24.8. The fourth-order valence-corrected chi connectivity index (χ4v) is 23.9. The summed E-state index contributed by atoms with van der Waals surface area (Å²) in [7, 11) is 0. The quantitative estimate of drug-likeness (QED) is 0.0815. The van der Waals surface area contributed by atoms with Crippen molar-refractivity contribution in [3.05, 3.63) is 23.3 Å². The van der Waals surface area contributed by atoms with E-state index in [0.717, 1.165) is 83.8 Å². The fraction of sp³-hybridized carbons (Fsp3) is 0.895. The van der Waals surface area contributed by atoms with E-state index in [1.54, 1.807) is 10.4 Å². The van der Waals surface area contributed by atoms with E-state index < -0.39 is 23.4 Å². The maximum absolute atomic E-state index is 13.4. The Bertz CT molecular complexity index is 3170. The van der Waals surface area contributed by atoms with E-state index in [-0.39, 0.29) is 115 Å². The number of carboxylic acid groups (broad SMARTS) is 2. The molecule has 0 radical (unpaired) electrons. The monoisotopic (exact) mass is 1340 g/mol. The number of allylic oxidation sites excluding steroid dienone is 2. The number of nitrogens with zero attached hydrogens (tertiary/aromatic N) is 7. The van der Waals surface area contributed by atoms with E-state index in [1.807, 2.05) is 0 Å². The standard InChI is InChI=1S/C37H62N6O4.C37H63NO4.CH3N5.CH4/c1-21(2)23(5)32(6)15-16-34(8)24-11-12-27-33(7)18-46-20-37(27,25(24)13-14-35(34,9)28(32)30(44)45)17-26(43-41-31(38)40-42-43)29(33)47-19-36(10,39)22(3)4;1-22(2)25(6)32(7)16-17-34(9)26-12-13-28-33(8)19-41-21-37(28,27(26)14-15-35(34,10)29(32)31(39)40)18-24(5)30(33)42-20-36(11,38)23(3)4;2-1-3-5-6-4-1;/h13,21-24,26-29H,11-12,14-20,39H2,1-10H3,(H2,38,41)(H,44,45);14,22-26,28-30H,12-13,15-21,38H2,1-11H3,(H,39,40);(H3,2,3,4,5,6);1H4/t23-,24+,26-,27+,28-,29+,32-,33-,34-,35+,36+,37+;24-,25-,26+,28+,29-,30+,32-,33-,34-,35+,36+,37+;;/m11../s1. The second-order valence-electron chi connectivity index (χ2n) is 37.2. The summed E-state index contributed by atoms with van der Waals surface area (Å²) in [6.45, 7) is 51.5. The van der Waals surface area contributed by atoms with Crippen molar-refractivity contribution in [1.82, 2.24) is 40.8 Å². The van der Waals surface area contributed by atoms with Gasteiger partial charge in [-0.1, -0.05) is 172 Å². The number of hydrogen-bond donors (Lipinski definition) is 7. The molecule has 2 saturated heterocycles.